The maximum absolute atomic E-state index is 13.5. The highest BCUT2D eigenvalue weighted by molar-refractivity contribution is 5.95. The maximum Gasteiger partial charge on any atom is 0.326 e. The fraction of sp³-hybridized carbons (Fsp3) is 0.621. The second kappa shape index (κ2) is 18.8. The van der Waals surface area contributed by atoms with E-state index in [4.69, 9.17) is 17.2 Å². The van der Waals surface area contributed by atoms with Crippen molar-refractivity contribution < 1.29 is 29.1 Å². The predicted octanol–water partition coefficient (Wildman–Crippen LogP) is -0.630. The van der Waals surface area contributed by atoms with Crippen LogP contribution in [0.25, 0.3) is 0 Å². The number of aliphatic carboxylic acids is 1. The molecule has 0 radical (unpaired) electrons. The number of hydrogen-bond acceptors (Lipinski definition) is 8. The SMILES string of the molecule is CC(C)C[C@H](NC(=O)[C@H](CCN)NC(=O)[C@@H](Cc1ccccc1)NC(=O)[C@H](CC(C)C)NC(=O)[C@@H](N)CCN)C(=O)O. The van der Waals surface area contributed by atoms with Crippen molar-refractivity contribution in [3.05, 3.63) is 35.9 Å². The Morgan fingerprint density at radius 3 is 1.64 bits per heavy atom. The Balaban J connectivity index is 3.20. The van der Waals surface area contributed by atoms with Crippen LogP contribution >= 0.6 is 0 Å². The van der Waals surface area contributed by atoms with Gasteiger partial charge in [-0.2, -0.15) is 0 Å². The zero-order valence-electron chi connectivity index (χ0n) is 25.1. The Labute approximate surface area is 248 Å². The van der Waals surface area contributed by atoms with E-state index in [1.165, 1.54) is 0 Å². The van der Waals surface area contributed by atoms with Gasteiger partial charge in [-0.05, 0) is 56.2 Å². The van der Waals surface area contributed by atoms with Gasteiger partial charge in [-0.1, -0.05) is 58.0 Å². The highest BCUT2D eigenvalue weighted by Crippen LogP contribution is 2.10. The lowest BCUT2D eigenvalue weighted by Gasteiger charge is -2.27. The summed E-state index contributed by atoms with van der Waals surface area (Å²) in [5.74, 6) is -3.62. The molecule has 1 aromatic rings. The van der Waals surface area contributed by atoms with Crippen LogP contribution in [0.15, 0.2) is 30.3 Å². The fourth-order valence-electron chi connectivity index (χ4n) is 4.30. The number of benzene rings is 1. The van der Waals surface area contributed by atoms with Gasteiger partial charge in [0.25, 0.3) is 0 Å². The molecule has 4 amide bonds. The van der Waals surface area contributed by atoms with E-state index in [1.807, 2.05) is 33.8 Å². The highest BCUT2D eigenvalue weighted by atomic mass is 16.4. The van der Waals surface area contributed by atoms with Crippen LogP contribution in [0.5, 0.6) is 0 Å². The molecular weight excluding hydrogens is 542 g/mol. The molecule has 0 heterocycles. The summed E-state index contributed by atoms with van der Waals surface area (Å²) in [5, 5.41) is 20.1. The van der Waals surface area contributed by atoms with E-state index in [0.717, 1.165) is 5.56 Å². The summed E-state index contributed by atoms with van der Waals surface area (Å²) in [6.07, 6.45) is 0.871. The van der Waals surface area contributed by atoms with Crippen molar-refractivity contribution in [2.75, 3.05) is 13.1 Å². The highest BCUT2D eigenvalue weighted by Gasteiger charge is 2.32. The summed E-state index contributed by atoms with van der Waals surface area (Å²) in [6.45, 7) is 7.69. The van der Waals surface area contributed by atoms with Gasteiger partial charge in [-0.3, -0.25) is 19.2 Å². The third-order valence-electron chi connectivity index (χ3n) is 6.48. The number of nitrogens with two attached hydrogens (primary N) is 3. The van der Waals surface area contributed by atoms with Crippen molar-refractivity contribution >= 4 is 29.6 Å². The number of hydrogen-bond donors (Lipinski definition) is 8. The molecule has 0 aromatic heterocycles. The maximum atomic E-state index is 13.5. The van der Waals surface area contributed by atoms with Gasteiger partial charge in [0.05, 0.1) is 6.04 Å². The van der Waals surface area contributed by atoms with E-state index in [2.05, 4.69) is 21.3 Å². The standard InChI is InChI=1S/C29H49N7O6/c1-17(2)14-22(34-25(37)20(32)10-12-30)27(39)35-23(16-19-8-6-5-7-9-19)28(40)33-21(11-13-31)26(38)36-24(29(41)42)15-18(3)4/h5-9,17-18,20-24H,10-16,30-32H2,1-4H3,(H,33,40)(H,34,37)(H,35,39)(H,36,38)(H,41,42)/t20-,21-,22-,23+,24-/m0/s1. The molecule has 1 rings (SSSR count). The van der Waals surface area contributed by atoms with E-state index >= 15 is 0 Å². The summed E-state index contributed by atoms with van der Waals surface area (Å²) in [4.78, 5) is 64.3. The van der Waals surface area contributed by atoms with Crippen molar-refractivity contribution in [3.63, 3.8) is 0 Å². The normalized spacial score (nSPS) is 14.8. The van der Waals surface area contributed by atoms with Crippen LogP contribution in [-0.4, -0.2) is 78.0 Å². The lowest BCUT2D eigenvalue weighted by molar-refractivity contribution is -0.142. The molecule has 42 heavy (non-hydrogen) atoms. The second-order valence-electron chi connectivity index (χ2n) is 11.3. The van der Waals surface area contributed by atoms with Gasteiger partial charge < -0.3 is 43.6 Å². The van der Waals surface area contributed by atoms with Gasteiger partial charge in [0.15, 0.2) is 0 Å². The zero-order chi connectivity index (χ0) is 31.8. The molecular formula is C29H49N7O6. The lowest BCUT2D eigenvalue weighted by Crippen LogP contribution is -2.59. The topological polar surface area (TPSA) is 232 Å². The molecule has 0 saturated heterocycles. The van der Waals surface area contributed by atoms with Gasteiger partial charge in [0.2, 0.25) is 23.6 Å². The Morgan fingerprint density at radius 1 is 0.667 bits per heavy atom. The van der Waals surface area contributed by atoms with E-state index in [9.17, 15) is 29.1 Å². The molecule has 0 bridgehead atoms. The molecule has 13 nitrogen and oxygen atoms in total. The molecule has 0 fully saturated rings. The first kappa shape index (κ1) is 36.5. The minimum absolute atomic E-state index is 0.00328. The molecule has 0 aliphatic rings. The number of carbonyl (C=O) groups is 5. The molecule has 0 aliphatic carbocycles. The van der Waals surface area contributed by atoms with Crippen LogP contribution in [0, 0.1) is 11.8 Å². The number of nitrogens with one attached hydrogen (secondary N) is 4. The largest absolute Gasteiger partial charge is 0.480 e. The Hall–Kier alpha value is -3.55. The first-order valence-electron chi connectivity index (χ1n) is 14.4. The number of amides is 4. The van der Waals surface area contributed by atoms with Gasteiger partial charge in [0, 0.05) is 6.42 Å². The molecule has 236 valence electrons. The second-order valence-corrected chi connectivity index (χ2v) is 11.3. The van der Waals surface area contributed by atoms with Crippen molar-refractivity contribution in [2.24, 2.45) is 29.0 Å². The van der Waals surface area contributed by atoms with E-state index in [-0.39, 0.29) is 57.0 Å². The summed E-state index contributed by atoms with van der Waals surface area (Å²) in [6, 6.07) is 3.72. The van der Waals surface area contributed by atoms with Crippen LogP contribution < -0.4 is 38.5 Å². The van der Waals surface area contributed by atoms with Crippen molar-refractivity contribution in [2.45, 2.75) is 90.0 Å². The Kier molecular flexibility index (Phi) is 16.3. The summed E-state index contributed by atoms with van der Waals surface area (Å²) in [5.41, 5.74) is 17.8. The van der Waals surface area contributed by atoms with E-state index in [1.54, 1.807) is 24.3 Å². The third-order valence-corrected chi connectivity index (χ3v) is 6.48. The van der Waals surface area contributed by atoms with Crippen LogP contribution in [0.2, 0.25) is 0 Å². The smallest absolute Gasteiger partial charge is 0.326 e. The third kappa shape index (κ3) is 13.4. The van der Waals surface area contributed by atoms with Crippen molar-refractivity contribution in [1.82, 2.24) is 21.3 Å². The van der Waals surface area contributed by atoms with Crippen molar-refractivity contribution in [3.8, 4) is 0 Å². The zero-order valence-corrected chi connectivity index (χ0v) is 25.1. The predicted molar refractivity (Wildman–Crippen MR) is 160 cm³/mol. The Morgan fingerprint density at radius 2 is 1.12 bits per heavy atom. The van der Waals surface area contributed by atoms with Crippen LogP contribution in [-0.2, 0) is 30.4 Å². The van der Waals surface area contributed by atoms with Crippen molar-refractivity contribution in [1.29, 1.82) is 0 Å². The van der Waals surface area contributed by atoms with Gasteiger partial charge in [-0.15, -0.1) is 0 Å². The van der Waals surface area contributed by atoms with Crippen LogP contribution in [0.4, 0.5) is 0 Å². The van der Waals surface area contributed by atoms with E-state index < -0.39 is 59.8 Å². The first-order valence-corrected chi connectivity index (χ1v) is 14.4. The number of rotatable bonds is 19. The van der Waals surface area contributed by atoms with Gasteiger partial charge in [0.1, 0.15) is 24.2 Å². The number of carbonyl (C=O) groups excluding carboxylic acids is 4. The average molecular weight is 592 g/mol. The van der Waals surface area contributed by atoms with Gasteiger partial charge >= 0.3 is 5.97 Å². The monoisotopic (exact) mass is 591 g/mol. The van der Waals surface area contributed by atoms with Crippen LogP contribution in [0.3, 0.4) is 0 Å². The quantitative estimate of drug-likeness (QED) is 0.102. The molecule has 0 spiro atoms. The average Bonchev–Trinajstić information content (AvgIpc) is 2.91. The molecule has 13 heteroatoms. The van der Waals surface area contributed by atoms with Crippen LogP contribution in [0.1, 0.15) is 58.9 Å². The molecule has 5 atom stereocenters. The lowest BCUT2D eigenvalue weighted by atomic mass is 10.00. The number of carboxylic acid groups (broad SMARTS) is 1. The summed E-state index contributed by atoms with van der Waals surface area (Å²) < 4.78 is 0. The molecule has 0 unspecified atom stereocenters. The first-order chi connectivity index (χ1) is 19.8. The van der Waals surface area contributed by atoms with Gasteiger partial charge in [-0.25, -0.2) is 4.79 Å². The fourth-order valence-corrected chi connectivity index (χ4v) is 4.30. The molecule has 1 aromatic carbocycles. The summed E-state index contributed by atoms with van der Waals surface area (Å²) >= 11 is 0. The Bertz CT molecular complexity index is 1020. The molecule has 11 N–H and O–H groups in total. The number of carboxylic acids is 1. The summed E-state index contributed by atoms with van der Waals surface area (Å²) in [7, 11) is 0. The minimum Gasteiger partial charge on any atom is -0.480 e. The van der Waals surface area contributed by atoms with E-state index in [0.29, 0.717) is 0 Å². The molecule has 0 saturated carbocycles. The minimum atomic E-state index is -1.19. The molecule has 0 aliphatic heterocycles.